The number of aromatic amines is 1. The molecule has 2 amide bonds. The predicted molar refractivity (Wildman–Crippen MR) is 93.8 cm³/mol. The highest BCUT2D eigenvalue weighted by molar-refractivity contribution is 5.94. The van der Waals surface area contributed by atoms with Crippen LogP contribution >= 0.6 is 0 Å². The van der Waals surface area contributed by atoms with Crippen LogP contribution < -0.4 is 10.6 Å². The summed E-state index contributed by atoms with van der Waals surface area (Å²) < 4.78 is 0. The molecule has 0 aliphatic rings. The second-order valence-corrected chi connectivity index (χ2v) is 6.00. The number of anilines is 1. The van der Waals surface area contributed by atoms with E-state index in [-0.39, 0.29) is 24.7 Å². The molecule has 0 atom stereocenters. The lowest BCUT2D eigenvalue weighted by Crippen LogP contribution is -2.27. The minimum atomic E-state index is -0.145. The first kappa shape index (κ1) is 17.7. The summed E-state index contributed by atoms with van der Waals surface area (Å²) in [4.78, 5) is 30.7. The number of rotatable bonds is 7. The maximum Gasteiger partial charge on any atom is 0.224 e. The molecule has 0 radical (unpaired) electrons. The van der Waals surface area contributed by atoms with Crippen molar-refractivity contribution in [2.75, 3.05) is 11.9 Å². The Morgan fingerprint density at radius 1 is 1.08 bits per heavy atom. The normalized spacial score (nSPS) is 10.5. The number of carbonyl (C=O) groups is 2. The maximum absolute atomic E-state index is 12.1. The van der Waals surface area contributed by atoms with Crippen LogP contribution in [0.3, 0.4) is 0 Å². The van der Waals surface area contributed by atoms with E-state index < -0.39 is 0 Å². The van der Waals surface area contributed by atoms with Gasteiger partial charge in [0.05, 0.1) is 6.33 Å². The molecule has 6 nitrogen and oxygen atoms in total. The van der Waals surface area contributed by atoms with E-state index in [1.165, 1.54) is 5.56 Å². The monoisotopic (exact) mass is 328 g/mol. The van der Waals surface area contributed by atoms with Gasteiger partial charge in [-0.3, -0.25) is 9.59 Å². The molecule has 0 saturated heterocycles. The van der Waals surface area contributed by atoms with E-state index in [0.717, 1.165) is 22.5 Å². The lowest BCUT2D eigenvalue weighted by Gasteiger charge is -2.12. The van der Waals surface area contributed by atoms with Gasteiger partial charge in [-0.25, -0.2) is 4.98 Å². The highest BCUT2D eigenvalue weighted by atomic mass is 16.2. The van der Waals surface area contributed by atoms with E-state index in [0.29, 0.717) is 13.0 Å². The van der Waals surface area contributed by atoms with Crippen molar-refractivity contribution in [3.63, 3.8) is 0 Å². The number of aromatic nitrogens is 2. The molecule has 1 heterocycles. The van der Waals surface area contributed by atoms with Gasteiger partial charge in [0, 0.05) is 43.4 Å². The van der Waals surface area contributed by atoms with Crippen LogP contribution in [0.15, 0.2) is 24.7 Å². The third kappa shape index (κ3) is 5.22. The van der Waals surface area contributed by atoms with E-state index >= 15 is 0 Å². The van der Waals surface area contributed by atoms with Crippen LogP contribution in [0, 0.1) is 20.8 Å². The van der Waals surface area contributed by atoms with Crippen molar-refractivity contribution in [1.29, 1.82) is 0 Å². The number of nitrogens with one attached hydrogen (secondary N) is 3. The molecule has 0 aliphatic carbocycles. The second-order valence-electron chi connectivity index (χ2n) is 6.00. The summed E-state index contributed by atoms with van der Waals surface area (Å²) in [7, 11) is 0. The van der Waals surface area contributed by atoms with Gasteiger partial charge in [0.2, 0.25) is 11.8 Å². The van der Waals surface area contributed by atoms with Gasteiger partial charge in [0.25, 0.3) is 0 Å². The van der Waals surface area contributed by atoms with Gasteiger partial charge in [-0.05, 0) is 31.9 Å². The summed E-state index contributed by atoms with van der Waals surface area (Å²) in [6, 6.07) is 4.07. The standard InChI is InChI=1S/C18H24N4O2/c1-12-8-13(2)18(14(3)9-12)22-17(24)5-4-16(23)20-7-6-15-10-19-11-21-15/h8-11H,4-7H2,1-3H3,(H,19,21)(H,20,23)(H,22,24). The topological polar surface area (TPSA) is 86.9 Å². The maximum atomic E-state index is 12.1. The molecule has 0 fully saturated rings. The average molecular weight is 328 g/mol. The third-order valence-corrected chi connectivity index (χ3v) is 3.79. The smallest absolute Gasteiger partial charge is 0.224 e. The SMILES string of the molecule is Cc1cc(C)c(NC(=O)CCC(=O)NCCc2cnc[nH]2)c(C)c1. The summed E-state index contributed by atoms with van der Waals surface area (Å²) in [5, 5.41) is 5.71. The molecule has 128 valence electrons. The molecule has 3 N–H and O–H groups in total. The molecule has 24 heavy (non-hydrogen) atoms. The van der Waals surface area contributed by atoms with Crippen LogP contribution in [0.4, 0.5) is 5.69 Å². The number of hydrogen-bond donors (Lipinski definition) is 3. The zero-order valence-electron chi connectivity index (χ0n) is 14.4. The van der Waals surface area contributed by atoms with Gasteiger partial charge in [-0.15, -0.1) is 0 Å². The molecule has 0 bridgehead atoms. The fraction of sp³-hybridized carbons (Fsp3) is 0.389. The highest BCUT2D eigenvalue weighted by Crippen LogP contribution is 2.22. The van der Waals surface area contributed by atoms with Crippen molar-refractivity contribution in [1.82, 2.24) is 15.3 Å². The molecule has 0 saturated carbocycles. The number of nitrogens with zero attached hydrogens (tertiary/aromatic N) is 1. The van der Waals surface area contributed by atoms with Crippen LogP contribution in [0.2, 0.25) is 0 Å². The van der Waals surface area contributed by atoms with Crippen LogP contribution in [-0.2, 0) is 16.0 Å². The van der Waals surface area contributed by atoms with E-state index in [2.05, 4.69) is 20.6 Å². The predicted octanol–water partition coefficient (Wildman–Crippen LogP) is 2.41. The number of amides is 2. The van der Waals surface area contributed by atoms with E-state index in [4.69, 9.17) is 0 Å². The average Bonchev–Trinajstić information content (AvgIpc) is 3.02. The van der Waals surface area contributed by atoms with Crippen molar-refractivity contribution in [2.24, 2.45) is 0 Å². The first-order chi connectivity index (χ1) is 11.5. The van der Waals surface area contributed by atoms with Gasteiger partial charge in [-0.1, -0.05) is 17.7 Å². The Labute approximate surface area is 142 Å². The Morgan fingerprint density at radius 2 is 1.75 bits per heavy atom. The highest BCUT2D eigenvalue weighted by Gasteiger charge is 2.10. The Balaban J connectivity index is 1.73. The summed E-state index contributed by atoms with van der Waals surface area (Å²) >= 11 is 0. The van der Waals surface area contributed by atoms with Crippen molar-refractivity contribution in [3.05, 3.63) is 47.0 Å². The zero-order chi connectivity index (χ0) is 17.5. The molecule has 6 heteroatoms. The van der Waals surface area contributed by atoms with Crippen molar-refractivity contribution >= 4 is 17.5 Å². The minimum absolute atomic E-state index is 0.123. The van der Waals surface area contributed by atoms with Crippen LogP contribution in [0.5, 0.6) is 0 Å². The van der Waals surface area contributed by atoms with E-state index in [1.54, 1.807) is 12.5 Å². The molecular weight excluding hydrogens is 304 g/mol. The second kappa shape index (κ2) is 8.29. The molecule has 2 aromatic rings. The number of aryl methyl sites for hydroxylation is 3. The Morgan fingerprint density at radius 3 is 2.38 bits per heavy atom. The van der Waals surface area contributed by atoms with Gasteiger partial charge in [0.1, 0.15) is 0 Å². The lowest BCUT2D eigenvalue weighted by molar-refractivity contribution is -0.124. The number of carbonyl (C=O) groups excluding carboxylic acids is 2. The molecular formula is C18H24N4O2. The van der Waals surface area contributed by atoms with Crippen molar-refractivity contribution < 1.29 is 9.59 Å². The molecule has 1 aromatic carbocycles. The van der Waals surface area contributed by atoms with Gasteiger partial charge < -0.3 is 15.6 Å². The van der Waals surface area contributed by atoms with Crippen LogP contribution in [0.25, 0.3) is 0 Å². The zero-order valence-corrected chi connectivity index (χ0v) is 14.4. The fourth-order valence-electron chi connectivity index (χ4n) is 2.65. The van der Waals surface area contributed by atoms with Gasteiger partial charge >= 0.3 is 0 Å². The molecule has 0 spiro atoms. The fourth-order valence-corrected chi connectivity index (χ4v) is 2.65. The number of H-pyrrole nitrogens is 1. The third-order valence-electron chi connectivity index (χ3n) is 3.79. The van der Waals surface area contributed by atoms with Crippen molar-refractivity contribution in [2.45, 2.75) is 40.0 Å². The molecule has 0 unspecified atom stereocenters. The Hall–Kier alpha value is -2.63. The molecule has 2 rings (SSSR count). The largest absolute Gasteiger partial charge is 0.356 e. The van der Waals surface area contributed by atoms with Gasteiger partial charge in [-0.2, -0.15) is 0 Å². The van der Waals surface area contributed by atoms with Crippen molar-refractivity contribution in [3.8, 4) is 0 Å². The van der Waals surface area contributed by atoms with E-state index in [1.807, 2.05) is 32.9 Å². The van der Waals surface area contributed by atoms with E-state index in [9.17, 15) is 9.59 Å². The summed E-state index contributed by atoms with van der Waals surface area (Å²) in [6.45, 7) is 6.49. The number of hydrogen-bond acceptors (Lipinski definition) is 3. The van der Waals surface area contributed by atoms with Gasteiger partial charge in [0.15, 0.2) is 0 Å². The van der Waals surface area contributed by atoms with Crippen LogP contribution in [-0.4, -0.2) is 28.3 Å². The van der Waals surface area contributed by atoms with Crippen LogP contribution in [0.1, 0.15) is 35.2 Å². The minimum Gasteiger partial charge on any atom is -0.356 e. The molecule has 0 aliphatic heterocycles. The first-order valence-corrected chi connectivity index (χ1v) is 8.07. The summed E-state index contributed by atoms with van der Waals surface area (Å²) in [5.74, 6) is -0.268. The summed E-state index contributed by atoms with van der Waals surface area (Å²) in [5.41, 5.74) is 5.04. The lowest BCUT2D eigenvalue weighted by atomic mass is 10.0. The number of benzene rings is 1. The first-order valence-electron chi connectivity index (χ1n) is 8.07. The Bertz CT molecular complexity index is 685. The molecule has 1 aromatic heterocycles. The quantitative estimate of drug-likeness (QED) is 0.729. The summed E-state index contributed by atoms with van der Waals surface area (Å²) in [6.07, 6.45) is 4.38. The Kier molecular flexibility index (Phi) is 6.12. The number of imidazole rings is 1.